The van der Waals surface area contributed by atoms with E-state index in [0.29, 0.717) is 24.2 Å². The minimum Gasteiger partial charge on any atom is -0.494 e. The molecule has 0 atom stereocenters. The van der Waals surface area contributed by atoms with Crippen LogP contribution in [0.25, 0.3) is 0 Å². The Labute approximate surface area is 197 Å². The lowest BCUT2D eigenvalue weighted by molar-refractivity contribution is -0.133. The van der Waals surface area contributed by atoms with Crippen LogP contribution < -0.4 is 10.1 Å². The number of nitrogens with one attached hydrogen (secondary N) is 1. The molecule has 7 nitrogen and oxygen atoms in total. The van der Waals surface area contributed by atoms with E-state index in [-0.39, 0.29) is 17.8 Å². The molecule has 2 amide bonds. The summed E-state index contributed by atoms with van der Waals surface area (Å²) in [6, 6.07) is 8.12. The number of benzene rings is 1. The van der Waals surface area contributed by atoms with Crippen molar-refractivity contribution in [3.63, 3.8) is 0 Å². The third kappa shape index (κ3) is 7.41. The first-order chi connectivity index (χ1) is 15.4. The fourth-order valence-corrected chi connectivity index (χ4v) is 5.43. The van der Waals surface area contributed by atoms with Gasteiger partial charge < -0.3 is 14.7 Å². The predicted octanol–water partition coefficient (Wildman–Crippen LogP) is 5.37. The molecule has 9 heteroatoms. The van der Waals surface area contributed by atoms with Crippen molar-refractivity contribution in [1.82, 2.24) is 9.88 Å². The van der Waals surface area contributed by atoms with Crippen molar-refractivity contribution in [2.75, 3.05) is 24.2 Å². The molecule has 0 saturated heterocycles. The van der Waals surface area contributed by atoms with Gasteiger partial charge in [0.15, 0.2) is 5.13 Å². The number of carbonyl (C=O) groups is 2. The zero-order chi connectivity index (χ0) is 22.9. The lowest BCUT2D eigenvalue weighted by Crippen LogP contribution is -2.45. The van der Waals surface area contributed by atoms with E-state index >= 15 is 0 Å². The number of anilines is 1. The summed E-state index contributed by atoms with van der Waals surface area (Å²) in [5.41, 5.74) is 1.16. The van der Waals surface area contributed by atoms with Crippen LogP contribution >= 0.6 is 23.1 Å². The number of carbonyl (C=O) groups excluding carboxylic acids is 1. The Hall–Kier alpha value is -2.26. The highest BCUT2D eigenvalue weighted by atomic mass is 32.2. The second kappa shape index (κ2) is 12.1. The van der Waals surface area contributed by atoms with Gasteiger partial charge >= 0.3 is 12.0 Å². The van der Waals surface area contributed by atoms with Gasteiger partial charge in [0, 0.05) is 12.6 Å². The quantitative estimate of drug-likeness (QED) is 0.447. The molecule has 2 N–H and O–H groups in total. The Bertz CT molecular complexity index is 880. The van der Waals surface area contributed by atoms with Crippen LogP contribution in [0.4, 0.5) is 9.93 Å². The van der Waals surface area contributed by atoms with Crippen LogP contribution in [0, 0.1) is 5.92 Å². The van der Waals surface area contributed by atoms with E-state index in [9.17, 15) is 9.59 Å². The molecule has 1 aromatic carbocycles. The third-order valence-corrected chi connectivity index (χ3v) is 7.69. The number of nitrogens with zero attached hydrogens (tertiary/aromatic N) is 2. The summed E-state index contributed by atoms with van der Waals surface area (Å²) < 4.78 is 6.29. The van der Waals surface area contributed by atoms with Gasteiger partial charge in [-0.2, -0.15) is 0 Å². The van der Waals surface area contributed by atoms with Crippen molar-refractivity contribution < 1.29 is 19.4 Å². The van der Waals surface area contributed by atoms with Crippen molar-refractivity contribution in [2.24, 2.45) is 5.92 Å². The minimum absolute atomic E-state index is 0.0238. The van der Waals surface area contributed by atoms with E-state index in [2.05, 4.69) is 29.4 Å². The Morgan fingerprint density at radius 2 is 1.97 bits per heavy atom. The Kier molecular flexibility index (Phi) is 9.23. The molecule has 0 spiro atoms. The van der Waals surface area contributed by atoms with Gasteiger partial charge in [-0.3, -0.25) is 10.1 Å². The maximum Gasteiger partial charge on any atom is 0.323 e. The molecule has 1 aromatic heterocycles. The normalized spacial score (nSPS) is 18.2. The predicted molar refractivity (Wildman–Crippen MR) is 129 cm³/mol. The number of rotatable bonds is 10. The van der Waals surface area contributed by atoms with Crippen molar-refractivity contribution in [2.45, 2.75) is 56.2 Å². The number of aliphatic carboxylic acids is 1. The van der Waals surface area contributed by atoms with E-state index in [1.807, 2.05) is 24.0 Å². The number of ether oxygens (including phenoxy) is 1. The second-order valence-electron chi connectivity index (χ2n) is 8.03. The largest absolute Gasteiger partial charge is 0.494 e. The van der Waals surface area contributed by atoms with Gasteiger partial charge in [-0.15, -0.1) is 11.8 Å². The highest BCUT2D eigenvalue weighted by Crippen LogP contribution is 2.30. The molecule has 2 aromatic rings. The molecular formula is C23H31N3O4S2. The SMILES string of the molecule is CCOc1ccc(CCN(C(=O)Nc2ncc(SCC(=O)O)s2)C2CCC(C)CC2)cc1. The molecular weight excluding hydrogens is 446 g/mol. The van der Waals surface area contributed by atoms with Crippen LogP contribution in [-0.4, -0.2) is 51.9 Å². The molecule has 3 rings (SSSR count). The average molecular weight is 478 g/mol. The Balaban J connectivity index is 1.63. The van der Waals surface area contributed by atoms with Crippen molar-refractivity contribution in [3.8, 4) is 5.75 Å². The first-order valence-corrected chi connectivity index (χ1v) is 12.8. The van der Waals surface area contributed by atoms with Crippen LogP contribution in [0.3, 0.4) is 0 Å². The number of hydrogen-bond donors (Lipinski definition) is 2. The zero-order valence-corrected chi connectivity index (χ0v) is 20.2. The summed E-state index contributed by atoms with van der Waals surface area (Å²) >= 11 is 2.51. The number of hydrogen-bond acceptors (Lipinski definition) is 6. The van der Waals surface area contributed by atoms with E-state index < -0.39 is 5.97 Å². The molecule has 0 unspecified atom stereocenters. The van der Waals surface area contributed by atoms with Crippen molar-refractivity contribution in [1.29, 1.82) is 0 Å². The zero-order valence-electron chi connectivity index (χ0n) is 18.6. The Morgan fingerprint density at radius 1 is 1.25 bits per heavy atom. The summed E-state index contributed by atoms with van der Waals surface area (Å²) in [6.07, 6.45) is 6.66. The van der Waals surface area contributed by atoms with E-state index in [4.69, 9.17) is 9.84 Å². The van der Waals surface area contributed by atoms with Crippen molar-refractivity contribution in [3.05, 3.63) is 36.0 Å². The number of carboxylic acid groups (broad SMARTS) is 1. The summed E-state index contributed by atoms with van der Waals surface area (Å²) in [5, 5.41) is 12.3. The number of carboxylic acids is 1. The number of aromatic nitrogens is 1. The van der Waals surface area contributed by atoms with Crippen LogP contribution in [-0.2, 0) is 11.2 Å². The molecule has 0 bridgehead atoms. The molecule has 1 fully saturated rings. The number of urea groups is 1. The smallest absolute Gasteiger partial charge is 0.323 e. The van der Waals surface area contributed by atoms with Crippen molar-refractivity contribution >= 4 is 40.2 Å². The van der Waals surface area contributed by atoms with Gasteiger partial charge in [-0.1, -0.05) is 30.4 Å². The molecule has 1 saturated carbocycles. The van der Waals surface area contributed by atoms with Gasteiger partial charge in [-0.05, 0) is 62.6 Å². The van der Waals surface area contributed by atoms with E-state index in [1.165, 1.54) is 23.1 Å². The monoisotopic (exact) mass is 477 g/mol. The van der Waals surface area contributed by atoms with Gasteiger partial charge in [-0.25, -0.2) is 9.78 Å². The first-order valence-electron chi connectivity index (χ1n) is 11.0. The summed E-state index contributed by atoms with van der Waals surface area (Å²) in [7, 11) is 0. The van der Waals surface area contributed by atoms with Crippen LogP contribution in [0.15, 0.2) is 34.7 Å². The summed E-state index contributed by atoms with van der Waals surface area (Å²) in [6.45, 7) is 5.50. The Morgan fingerprint density at radius 3 is 2.62 bits per heavy atom. The second-order valence-corrected chi connectivity index (χ2v) is 10.3. The fourth-order valence-electron chi connectivity index (χ4n) is 3.85. The van der Waals surface area contributed by atoms with Gasteiger partial charge in [0.05, 0.1) is 22.8 Å². The van der Waals surface area contributed by atoms with Crippen LogP contribution in [0.1, 0.15) is 45.1 Å². The third-order valence-electron chi connectivity index (χ3n) is 5.60. The maximum atomic E-state index is 13.2. The topological polar surface area (TPSA) is 91.8 Å². The molecule has 0 aliphatic heterocycles. The number of amides is 2. The number of thioether (sulfide) groups is 1. The summed E-state index contributed by atoms with van der Waals surface area (Å²) in [4.78, 5) is 30.2. The lowest BCUT2D eigenvalue weighted by atomic mass is 9.86. The van der Waals surface area contributed by atoms with E-state index in [0.717, 1.165) is 47.6 Å². The minimum atomic E-state index is -0.874. The highest BCUT2D eigenvalue weighted by molar-refractivity contribution is 8.01. The fraction of sp³-hybridized carbons (Fsp3) is 0.522. The van der Waals surface area contributed by atoms with Crippen LogP contribution in [0.2, 0.25) is 0 Å². The molecule has 174 valence electrons. The molecule has 32 heavy (non-hydrogen) atoms. The first kappa shape index (κ1) is 24.4. The standard InChI is InChI=1S/C23H31N3O4S2/c1-3-30-19-10-6-17(7-11-19)12-13-26(18-8-4-16(2)5-9-18)23(29)25-22-24-14-21(32-22)31-15-20(27)28/h6-7,10-11,14,16,18H,3-5,8-9,12-13,15H2,1-2H3,(H,27,28)(H,24,25,29). The van der Waals surface area contributed by atoms with Gasteiger partial charge in [0.2, 0.25) is 0 Å². The molecule has 1 aliphatic rings. The lowest BCUT2D eigenvalue weighted by Gasteiger charge is -2.36. The van der Waals surface area contributed by atoms with E-state index in [1.54, 1.807) is 6.20 Å². The highest BCUT2D eigenvalue weighted by Gasteiger charge is 2.28. The molecule has 0 radical (unpaired) electrons. The number of thiazole rings is 1. The molecule has 1 heterocycles. The maximum absolute atomic E-state index is 13.2. The molecule has 1 aliphatic carbocycles. The van der Waals surface area contributed by atoms with Gasteiger partial charge in [0.1, 0.15) is 5.75 Å². The van der Waals surface area contributed by atoms with Crippen LogP contribution in [0.5, 0.6) is 5.75 Å². The van der Waals surface area contributed by atoms with Gasteiger partial charge in [0.25, 0.3) is 0 Å². The summed E-state index contributed by atoms with van der Waals surface area (Å²) in [5.74, 6) is 0.660. The average Bonchev–Trinajstić information content (AvgIpc) is 3.22.